The fourth-order valence-corrected chi connectivity index (χ4v) is 5.71. The summed E-state index contributed by atoms with van der Waals surface area (Å²) in [6.07, 6.45) is 15.8. The highest BCUT2D eigenvalue weighted by Crippen LogP contribution is 2.31. The van der Waals surface area contributed by atoms with E-state index in [9.17, 15) is 9.59 Å². The van der Waals surface area contributed by atoms with Crippen molar-refractivity contribution in [3.63, 3.8) is 0 Å². The SMILES string of the molecule is C/C=C(\C)P.CC.CCC.CCC.CCCC(C)NCc1ccc(C(OCC)OCCC2CCC(OC(=O)C(N)CC(C)C)C2)cc1.O=COC1CCCC1. The summed E-state index contributed by atoms with van der Waals surface area (Å²) in [6.45, 7) is 29.8. The number of ether oxygens (including phenoxy) is 4. The largest absolute Gasteiger partial charge is 0.465 e. The van der Waals surface area contributed by atoms with Gasteiger partial charge in [-0.3, -0.25) is 9.59 Å². The van der Waals surface area contributed by atoms with Crippen LogP contribution in [0.5, 0.6) is 0 Å². The van der Waals surface area contributed by atoms with Crippen molar-refractivity contribution < 1.29 is 28.5 Å². The Kier molecular flexibility index (Phi) is 42.2. The van der Waals surface area contributed by atoms with E-state index >= 15 is 0 Å². The van der Waals surface area contributed by atoms with Gasteiger partial charge >= 0.3 is 5.97 Å². The molecule has 2 aliphatic carbocycles. The van der Waals surface area contributed by atoms with Gasteiger partial charge in [-0.1, -0.05) is 117 Å². The summed E-state index contributed by atoms with van der Waals surface area (Å²) in [5.41, 5.74) is 8.28. The van der Waals surface area contributed by atoms with Crippen molar-refractivity contribution in [1.29, 1.82) is 0 Å². The Balaban J connectivity index is -0.00000105. The summed E-state index contributed by atoms with van der Waals surface area (Å²) in [5.74, 6) is 0.627. The predicted molar refractivity (Wildman–Crippen MR) is 239 cm³/mol. The van der Waals surface area contributed by atoms with Crippen LogP contribution in [0.1, 0.15) is 191 Å². The normalized spacial score (nSPS) is 17.9. The van der Waals surface area contributed by atoms with Gasteiger partial charge < -0.3 is 30.0 Å². The lowest BCUT2D eigenvalue weighted by Crippen LogP contribution is -2.35. The molecule has 3 rings (SSSR count). The topological polar surface area (TPSA) is 109 Å². The molecule has 0 aromatic heterocycles. The number of hydrogen-bond acceptors (Lipinski definition) is 8. The zero-order valence-corrected chi connectivity index (χ0v) is 39.1. The number of nitrogens with two attached hydrogens (primary N) is 1. The lowest BCUT2D eigenvalue weighted by atomic mass is 10.0. The standard InChI is InChI=1S/C28H48N2O4.C6H10O2.C4H9P.2C3H8.C2H6/c1-6-8-21(5)30-19-23-9-12-24(13-10-23)28(32-7-2)33-16-15-22-11-14-25(18-22)34-27(31)26(29)17-20(3)4;7-5-8-6-3-1-2-4-6;1-3-4(2)5;2*1-3-2;1-2/h9-10,12-13,20-22,25-26,28,30H,6-8,11,14-19,29H2,1-5H3;5-6H,1-4H2;3H,5H2,1-2H3;2*3H2,1-2H3;1-2H3/b;;4-3+;;;. The number of nitrogens with one attached hydrogen (secondary N) is 1. The molecule has 2 fully saturated rings. The Morgan fingerprint density at radius 3 is 1.96 bits per heavy atom. The predicted octanol–water partition coefficient (Wildman–Crippen LogP) is 12.2. The Bertz CT molecular complexity index is 1010. The molecule has 0 radical (unpaired) electrons. The highest BCUT2D eigenvalue weighted by Gasteiger charge is 2.29. The maximum absolute atomic E-state index is 12.2. The Morgan fingerprint density at radius 2 is 1.49 bits per heavy atom. The molecule has 0 aliphatic heterocycles. The van der Waals surface area contributed by atoms with Crippen molar-refractivity contribution in [2.45, 2.75) is 211 Å². The minimum atomic E-state index is -0.517. The third-order valence-electron chi connectivity index (χ3n) is 8.55. The molecule has 6 unspecified atom stereocenters. The van der Waals surface area contributed by atoms with Gasteiger partial charge in [-0.15, -0.1) is 9.24 Å². The van der Waals surface area contributed by atoms with Crippen LogP contribution in [0.25, 0.3) is 0 Å². The Morgan fingerprint density at radius 1 is 0.927 bits per heavy atom. The van der Waals surface area contributed by atoms with Crippen molar-refractivity contribution in [3.05, 3.63) is 46.8 Å². The number of esters is 1. The lowest BCUT2D eigenvalue weighted by molar-refractivity contribution is -0.151. The monoisotopic (exact) mass is 797 g/mol. The highest BCUT2D eigenvalue weighted by molar-refractivity contribution is 7.22. The number of benzene rings is 1. The Hall–Kier alpha value is -1.83. The third-order valence-corrected chi connectivity index (χ3v) is 8.88. The van der Waals surface area contributed by atoms with E-state index < -0.39 is 6.04 Å². The first-order valence-electron chi connectivity index (χ1n) is 21.8. The summed E-state index contributed by atoms with van der Waals surface area (Å²) >= 11 is 0. The van der Waals surface area contributed by atoms with Gasteiger partial charge in [-0.2, -0.15) is 0 Å². The second-order valence-electron chi connectivity index (χ2n) is 14.8. The molecule has 1 aromatic carbocycles. The van der Waals surface area contributed by atoms with Gasteiger partial charge in [0.15, 0.2) is 6.29 Å². The zero-order valence-electron chi connectivity index (χ0n) is 37.9. The molecule has 0 amide bonds. The molecular formula is C46H89N2O6P. The fourth-order valence-electron chi connectivity index (χ4n) is 5.71. The minimum Gasteiger partial charge on any atom is -0.465 e. The first-order chi connectivity index (χ1) is 26.3. The summed E-state index contributed by atoms with van der Waals surface area (Å²) in [5, 5.41) is 4.86. The molecule has 0 heterocycles. The summed E-state index contributed by atoms with van der Waals surface area (Å²) in [7, 11) is 2.59. The first kappa shape index (κ1) is 57.5. The number of hydrogen-bond donors (Lipinski definition) is 2. The van der Waals surface area contributed by atoms with Crippen molar-refractivity contribution >= 4 is 21.7 Å². The smallest absolute Gasteiger partial charge is 0.323 e. The second-order valence-corrected chi connectivity index (χ2v) is 15.7. The molecule has 6 atom stereocenters. The van der Waals surface area contributed by atoms with Crippen LogP contribution >= 0.6 is 9.24 Å². The van der Waals surface area contributed by atoms with E-state index in [1.165, 1.54) is 49.4 Å². The average Bonchev–Trinajstić information content (AvgIpc) is 3.85. The van der Waals surface area contributed by atoms with Crippen molar-refractivity contribution in [2.24, 2.45) is 17.6 Å². The van der Waals surface area contributed by atoms with Crippen molar-refractivity contribution in [1.82, 2.24) is 5.32 Å². The number of carbonyl (C=O) groups excluding carboxylic acids is 2. The van der Waals surface area contributed by atoms with E-state index in [0.29, 0.717) is 44.0 Å². The van der Waals surface area contributed by atoms with Gasteiger partial charge in [0.1, 0.15) is 18.2 Å². The number of rotatable bonds is 18. The second kappa shape index (κ2) is 40.4. The molecule has 1 aromatic rings. The molecule has 0 bridgehead atoms. The van der Waals surface area contributed by atoms with E-state index in [1.54, 1.807) is 0 Å². The van der Waals surface area contributed by atoms with Gasteiger partial charge in [0.2, 0.25) is 0 Å². The van der Waals surface area contributed by atoms with E-state index in [4.69, 9.17) is 24.7 Å². The molecule has 3 N–H and O–H groups in total. The van der Waals surface area contributed by atoms with Crippen LogP contribution in [0, 0.1) is 11.8 Å². The first-order valence-corrected chi connectivity index (χ1v) is 22.4. The number of carbonyl (C=O) groups is 2. The van der Waals surface area contributed by atoms with E-state index in [-0.39, 0.29) is 24.5 Å². The molecule has 9 heteroatoms. The van der Waals surface area contributed by atoms with Crippen LogP contribution in [-0.4, -0.2) is 49.9 Å². The zero-order chi connectivity index (χ0) is 42.4. The van der Waals surface area contributed by atoms with Gasteiger partial charge in [0, 0.05) is 24.8 Å². The van der Waals surface area contributed by atoms with Crippen LogP contribution in [0.2, 0.25) is 0 Å². The maximum atomic E-state index is 12.2. The molecule has 0 spiro atoms. The Labute approximate surface area is 342 Å². The van der Waals surface area contributed by atoms with Gasteiger partial charge in [-0.05, 0) is 109 Å². The summed E-state index contributed by atoms with van der Waals surface area (Å²) < 4.78 is 22.4. The van der Waals surface area contributed by atoms with Crippen LogP contribution in [0.3, 0.4) is 0 Å². The quantitative estimate of drug-likeness (QED) is 0.0654. The molecule has 324 valence electrons. The van der Waals surface area contributed by atoms with Gasteiger partial charge in [0.25, 0.3) is 6.47 Å². The van der Waals surface area contributed by atoms with Gasteiger partial charge in [-0.25, -0.2) is 0 Å². The van der Waals surface area contributed by atoms with Gasteiger partial charge in [0.05, 0.1) is 6.61 Å². The molecule has 2 aliphatic rings. The number of allylic oxidation sites excluding steroid dienone is 2. The van der Waals surface area contributed by atoms with E-state index in [1.807, 2.05) is 40.7 Å². The molecule has 0 saturated heterocycles. The lowest BCUT2D eigenvalue weighted by Gasteiger charge is -2.20. The van der Waals surface area contributed by atoms with Crippen molar-refractivity contribution in [3.8, 4) is 0 Å². The fraction of sp³-hybridized carbons (Fsp3) is 0.783. The molecular weight excluding hydrogens is 707 g/mol. The van der Waals surface area contributed by atoms with Crippen LogP contribution in [0.4, 0.5) is 0 Å². The minimum absolute atomic E-state index is 0.0143. The molecule has 2 saturated carbocycles. The van der Waals surface area contributed by atoms with Crippen molar-refractivity contribution in [2.75, 3.05) is 13.2 Å². The molecule has 55 heavy (non-hydrogen) atoms. The van der Waals surface area contributed by atoms with E-state index in [2.05, 4.69) is 94.2 Å². The average molecular weight is 797 g/mol. The summed E-state index contributed by atoms with van der Waals surface area (Å²) in [4.78, 5) is 21.9. The third kappa shape index (κ3) is 34.0. The molecule has 8 nitrogen and oxygen atoms in total. The van der Waals surface area contributed by atoms with Crippen LogP contribution < -0.4 is 11.1 Å². The maximum Gasteiger partial charge on any atom is 0.323 e. The summed E-state index contributed by atoms with van der Waals surface area (Å²) in [6, 6.07) is 8.52. The highest BCUT2D eigenvalue weighted by atomic mass is 31.0. The van der Waals surface area contributed by atoms with Crippen LogP contribution in [0.15, 0.2) is 35.7 Å². The van der Waals surface area contributed by atoms with Crippen LogP contribution in [-0.2, 0) is 35.1 Å². The van der Waals surface area contributed by atoms with E-state index in [0.717, 1.165) is 50.6 Å².